The van der Waals surface area contributed by atoms with E-state index in [2.05, 4.69) is 242 Å². The van der Waals surface area contributed by atoms with Gasteiger partial charge in [0.25, 0.3) is 0 Å². The van der Waals surface area contributed by atoms with Gasteiger partial charge in [-0.05, 0) is 134 Å². The SMILES string of the molecule is CC1(c2ccccc2)c2ccccc2-c2cc(N(c3ccc(-c4ccc5oc6ccccc6c5c4)cc3)c3ccc4c(c3)-c3ccccc3C4(c3ccccc3)c3ccccc3)ccc21. The summed E-state index contributed by atoms with van der Waals surface area (Å²) in [6.07, 6.45) is 0. The van der Waals surface area contributed by atoms with Gasteiger partial charge in [-0.3, -0.25) is 0 Å². The lowest BCUT2D eigenvalue weighted by molar-refractivity contribution is 0.669. The molecule has 65 heavy (non-hydrogen) atoms. The van der Waals surface area contributed by atoms with Crippen molar-refractivity contribution in [3.8, 4) is 33.4 Å². The smallest absolute Gasteiger partial charge is 0.135 e. The molecule has 11 aromatic rings. The second kappa shape index (κ2) is 14.4. The van der Waals surface area contributed by atoms with E-state index in [0.717, 1.165) is 50.1 Å². The van der Waals surface area contributed by atoms with Crippen molar-refractivity contribution < 1.29 is 4.42 Å². The van der Waals surface area contributed by atoms with Gasteiger partial charge in [0.1, 0.15) is 11.2 Å². The molecular formula is C63H43NO. The largest absolute Gasteiger partial charge is 0.456 e. The summed E-state index contributed by atoms with van der Waals surface area (Å²) in [5, 5.41) is 2.26. The van der Waals surface area contributed by atoms with Gasteiger partial charge in [0.2, 0.25) is 0 Å². The maximum atomic E-state index is 6.19. The first-order valence-corrected chi connectivity index (χ1v) is 22.6. The fourth-order valence-corrected chi connectivity index (χ4v) is 11.4. The topological polar surface area (TPSA) is 16.4 Å². The maximum Gasteiger partial charge on any atom is 0.135 e. The van der Waals surface area contributed by atoms with Crippen molar-refractivity contribution >= 4 is 39.0 Å². The zero-order valence-corrected chi connectivity index (χ0v) is 35.9. The predicted octanol–water partition coefficient (Wildman–Crippen LogP) is 16.4. The molecule has 1 heterocycles. The summed E-state index contributed by atoms with van der Waals surface area (Å²) >= 11 is 0. The van der Waals surface area contributed by atoms with E-state index in [1.54, 1.807) is 0 Å². The monoisotopic (exact) mass is 829 g/mol. The number of anilines is 3. The van der Waals surface area contributed by atoms with Gasteiger partial charge in [0, 0.05) is 33.2 Å². The van der Waals surface area contributed by atoms with E-state index in [1.807, 2.05) is 12.1 Å². The molecule has 13 rings (SSSR count). The molecule has 0 radical (unpaired) electrons. The summed E-state index contributed by atoms with van der Waals surface area (Å²) in [6.45, 7) is 2.39. The molecule has 2 aliphatic carbocycles. The van der Waals surface area contributed by atoms with Crippen LogP contribution < -0.4 is 4.90 Å². The Hall–Kier alpha value is -8.20. The van der Waals surface area contributed by atoms with Crippen LogP contribution in [-0.4, -0.2) is 0 Å². The summed E-state index contributed by atoms with van der Waals surface area (Å²) in [5.74, 6) is 0. The van der Waals surface area contributed by atoms with Crippen LogP contribution in [0.2, 0.25) is 0 Å². The average molecular weight is 830 g/mol. The van der Waals surface area contributed by atoms with E-state index in [4.69, 9.17) is 4.42 Å². The first kappa shape index (κ1) is 37.4. The van der Waals surface area contributed by atoms with Gasteiger partial charge in [-0.15, -0.1) is 0 Å². The first-order chi connectivity index (χ1) is 32.1. The lowest BCUT2D eigenvalue weighted by Gasteiger charge is -2.34. The molecule has 1 aromatic heterocycles. The second-order valence-corrected chi connectivity index (χ2v) is 17.7. The lowest BCUT2D eigenvalue weighted by atomic mass is 9.68. The van der Waals surface area contributed by atoms with Crippen LogP contribution in [0.25, 0.3) is 55.3 Å². The number of benzene rings is 10. The van der Waals surface area contributed by atoms with Crippen molar-refractivity contribution in [2.75, 3.05) is 4.90 Å². The van der Waals surface area contributed by atoms with Gasteiger partial charge in [-0.1, -0.05) is 188 Å². The number of hydrogen-bond acceptors (Lipinski definition) is 2. The normalized spacial score (nSPS) is 15.3. The summed E-state index contributed by atoms with van der Waals surface area (Å²) in [5.41, 5.74) is 20.8. The van der Waals surface area contributed by atoms with Crippen LogP contribution in [-0.2, 0) is 10.8 Å². The highest BCUT2D eigenvalue weighted by molar-refractivity contribution is 6.06. The third-order valence-corrected chi connectivity index (χ3v) is 14.4. The first-order valence-electron chi connectivity index (χ1n) is 22.6. The van der Waals surface area contributed by atoms with Crippen molar-refractivity contribution in [1.29, 1.82) is 0 Å². The molecule has 1 atom stereocenters. The van der Waals surface area contributed by atoms with E-state index in [-0.39, 0.29) is 5.41 Å². The fraction of sp³-hybridized carbons (Fsp3) is 0.0476. The molecule has 10 aromatic carbocycles. The van der Waals surface area contributed by atoms with Crippen LogP contribution in [0.5, 0.6) is 0 Å². The number of para-hydroxylation sites is 1. The van der Waals surface area contributed by atoms with Crippen molar-refractivity contribution in [2.24, 2.45) is 0 Å². The third-order valence-electron chi connectivity index (χ3n) is 14.4. The summed E-state index contributed by atoms with van der Waals surface area (Å²) in [4.78, 5) is 2.45. The summed E-state index contributed by atoms with van der Waals surface area (Å²) in [6, 6.07) is 89.2. The van der Waals surface area contributed by atoms with Gasteiger partial charge < -0.3 is 9.32 Å². The zero-order chi connectivity index (χ0) is 43.1. The van der Waals surface area contributed by atoms with E-state index in [1.165, 1.54) is 61.2 Å². The zero-order valence-electron chi connectivity index (χ0n) is 35.9. The highest BCUT2D eigenvalue weighted by Gasteiger charge is 2.46. The summed E-state index contributed by atoms with van der Waals surface area (Å²) in [7, 11) is 0. The molecule has 2 aliphatic rings. The van der Waals surface area contributed by atoms with Gasteiger partial charge in [0.05, 0.1) is 5.41 Å². The highest BCUT2D eigenvalue weighted by Crippen LogP contribution is 2.58. The molecule has 0 spiro atoms. The molecular weight excluding hydrogens is 787 g/mol. The molecule has 0 aliphatic heterocycles. The van der Waals surface area contributed by atoms with Crippen LogP contribution in [0.4, 0.5) is 17.1 Å². The molecule has 0 fully saturated rings. The molecule has 0 amide bonds. The minimum absolute atomic E-state index is 0.283. The molecule has 0 saturated heterocycles. The van der Waals surface area contributed by atoms with Gasteiger partial charge in [-0.2, -0.15) is 0 Å². The van der Waals surface area contributed by atoms with Gasteiger partial charge in [0.15, 0.2) is 0 Å². The van der Waals surface area contributed by atoms with Gasteiger partial charge in [-0.25, -0.2) is 0 Å². The highest BCUT2D eigenvalue weighted by atomic mass is 16.3. The van der Waals surface area contributed by atoms with E-state index >= 15 is 0 Å². The fourth-order valence-electron chi connectivity index (χ4n) is 11.4. The van der Waals surface area contributed by atoms with E-state index < -0.39 is 5.41 Å². The molecule has 306 valence electrons. The summed E-state index contributed by atoms with van der Waals surface area (Å²) < 4.78 is 6.19. The van der Waals surface area contributed by atoms with E-state index in [0.29, 0.717) is 0 Å². The van der Waals surface area contributed by atoms with Crippen LogP contribution in [0.1, 0.15) is 45.9 Å². The van der Waals surface area contributed by atoms with Crippen molar-refractivity contribution in [2.45, 2.75) is 17.8 Å². The quantitative estimate of drug-likeness (QED) is 0.159. The molecule has 2 nitrogen and oxygen atoms in total. The Kier molecular flexibility index (Phi) is 8.29. The van der Waals surface area contributed by atoms with Crippen LogP contribution in [0.3, 0.4) is 0 Å². The van der Waals surface area contributed by atoms with Crippen molar-refractivity contribution in [3.05, 3.63) is 282 Å². The van der Waals surface area contributed by atoms with Crippen LogP contribution in [0, 0.1) is 0 Å². The number of rotatable bonds is 7. The molecule has 2 heteroatoms. The Bertz CT molecular complexity index is 3570. The second-order valence-electron chi connectivity index (χ2n) is 17.7. The Morgan fingerprint density at radius 3 is 1.46 bits per heavy atom. The average Bonchev–Trinajstić information content (AvgIpc) is 3.99. The Morgan fingerprint density at radius 1 is 0.323 bits per heavy atom. The van der Waals surface area contributed by atoms with Crippen molar-refractivity contribution in [1.82, 2.24) is 0 Å². The van der Waals surface area contributed by atoms with E-state index in [9.17, 15) is 0 Å². The lowest BCUT2D eigenvalue weighted by Crippen LogP contribution is -2.28. The maximum absolute atomic E-state index is 6.19. The van der Waals surface area contributed by atoms with Gasteiger partial charge >= 0.3 is 0 Å². The van der Waals surface area contributed by atoms with Crippen molar-refractivity contribution in [3.63, 3.8) is 0 Å². The number of furan rings is 1. The van der Waals surface area contributed by atoms with Crippen LogP contribution in [0.15, 0.2) is 247 Å². The minimum Gasteiger partial charge on any atom is -0.456 e. The number of hydrogen-bond donors (Lipinski definition) is 0. The Balaban J connectivity index is 1.01. The third kappa shape index (κ3) is 5.47. The standard InChI is InChI=1S/C63H43NO/c1-62(44-17-5-2-6-18-44)56-26-14-11-23-50(56)53-40-48(34-36-57(53)62)64(47-32-29-42(30-33-47)43-31-38-61-55(39-43)52-25-13-16-28-60(52)65-61)49-35-37-59-54(41-49)51-24-12-15-27-58(51)63(59,45-19-7-3-8-20-45)46-21-9-4-10-22-46/h2-41H,1H3. The predicted molar refractivity (Wildman–Crippen MR) is 269 cm³/mol. The molecule has 0 N–H and O–H groups in total. The Labute approximate surface area is 379 Å². The Morgan fingerprint density at radius 2 is 0.785 bits per heavy atom. The molecule has 1 unspecified atom stereocenters. The number of nitrogens with zero attached hydrogens (tertiary/aromatic N) is 1. The molecule has 0 saturated carbocycles. The number of fused-ring (bicyclic) bond motifs is 9. The van der Waals surface area contributed by atoms with Crippen LogP contribution >= 0.6 is 0 Å². The minimum atomic E-state index is -0.472. The molecule has 0 bridgehead atoms.